The van der Waals surface area contributed by atoms with Gasteiger partial charge in [0.05, 0.1) is 22.5 Å². The number of sulfone groups is 2. The van der Waals surface area contributed by atoms with Gasteiger partial charge in [-0.3, -0.25) is 4.79 Å². The van der Waals surface area contributed by atoms with Crippen LogP contribution in [0, 0.1) is 5.92 Å². The number of hydrogen-bond donors (Lipinski definition) is 1. The van der Waals surface area contributed by atoms with Crippen LogP contribution in [0.15, 0.2) is 82.6 Å². The predicted molar refractivity (Wildman–Crippen MR) is 130 cm³/mol. The molecule has 3 rings (SSSR count). The lowest BCUT2D eigenvalue weighted by molar-refractivity contribution is -0.142. The zero-order valence-electron chi connectivity index (χ0n) is 19.6. The molecule has 0 aliphatic carbocycles. The number of unbranched alkanes of at least 4 members (excludes halogenated alkanes) is 1. The van der Waals surface area contributed by atoms with E-state index in [0.717, 1.165) is 0 Å². The minimum Gasteiger partial charge on any atom is -0.481 e. The first-order valence-electron chi connectivity index (χ1n) is 11.2. The van der Waals surface area contributed by atoms with Crippen LogP contribution in [0.3, 0.4) is 0 Å². The van der Waals surface area contributed by atoms with Gasteiger partial charge in [-0.2, -0.15) is 0 Å². The molecule has 1 saturated heterocycles. The SMILES string of the molecule is CC1(C)OC[C@H]([C@@H](/C=C/CCCC(=O)O)C(S(=O)(=O)c2ccccc2)S(=O)(=O)c2ccccc2)O1. The maximum Gasteiger partial charge on any atom is 0.303 e. The Balaban J connectivity index is 2.13. The molecule has 2 aromatic rings. The van der Waals surface area contributed by atoms with Crippen molar-refractivity contribution in [2.75, 3.05) is 6.61 Å². The lowest BCUT2D eigenvalue weighted by atomic mass is 10.0. The summed E-state index contributed by atoms with van der Waals surface area (Å²) in [6.07, 6.45) is 2.89. The van der Waals surface area contributed by atoms with E-state index in [1.165, 1.54) is 54.6 Å². The molecule has 1 aliphatic rings. The van der Waals surface area contributed by atoms with E-state index in [2.05, 4.69) is 0 Å². The fraction of sp³-hybridized carbons (Fsp3) is 0.400. The van der Waals surface area contributed by atoms with Gasteiger partial charge in [0.1, 0.15) is 0 Å². The van der Waals surface area contributed by atoms with Crippen molar-refractivity contribution in [2.45, 2.75) is 59.4 Å². The number of aliphatic carboxylic acids is 1. The summed E-state index contributed by atoms with van der Waals surface area (Å²) in [5.41, 5.74) is 0. The third kappa shape index (κ3) is 6.58. The molecule has 0 radical (unpaired) electrons. The zero-order chi connectivity index (χ0) is 25.7. The number of carbonyl (C=O) groups is 1. The fourth-order valence-electron chi connectivity index (χ4n) is 3.99. The second-order valence-corrected chi connectivity index (χ2v) is 13.2. The fourth-order valence-corrected chi connectivity index (χ4v) is 8.96. The number of carboxylic acids is 1. The van der Waals surface area contributed by atoms with Gasteiger partial charge < -0.3 is 14.6 Å². The van der Waals surface area contributed by atoms with Gasteiger partial charge in [0, 0.05) is 12.3 Å². The van der Waals surface area contributed by atoms with Crippen LogP contribution in [0.5, 0.6) is 0 Å². The first-order chi connectivity index (χ1) is 16.4. The molecular weight excluding hydrogens is 492 g/mol. The number of ether oxygens (including phenoxy) is 2. The Hall–Kier alpha value is -2.53. The molecule has 0 saturated carbocycles. The zero-order valence-corrected chi connectivity index (χ0v) is 21.2. The van der Waals surface area contributed by atoms with Crippen molar-refractivity contribution in [1.29, 1.82) is 0 Å². The smallest absolute Gasteiger partial charge is 0.303 e. The van der Waals surface area contributed by atoms with Crippen LogP contribution in [0.4, 0.5) is 0 Å². The highest BCUT2D eigenvalue weighted by Gasteiger charge is 2.50. The lowest BCUT2D eigenvalue weighted by Crippen LogP contribution is -2.43. The van der Waals surface area contributed by atoms with Gasteiger partial charge >= 0.3 is 5.97 Å². The Labute approximate surface area is 206 Å². The van der Waals surface area contributed by atoms with E-state index in [1.54, 1.807) is 32.1 Å². The van der Waals surface area contributed by atoms with Gasteiger partial charge in [0.2, 0.25) is 0 Å². The Morgan fingerprint density at radius 1 is 1.00 bits per heavy atom. The molecule has 2 aromatic carbocycles. The topological polar surface area (TPSA) is 124 Å². The molecule has 35 heavy (non-hydrogen) atoms. The van der Waals surface area contributed by atoms with E-state index in [-0.39, 0.29) is 22.8 Å². The predicted octanol–water partition coefficient (Wildman–Crippen LogP) is 3.84. The average Bonchev–Trinajstić information content (AvgIpc) is 3.18. The highest BCUT2D eigenvalue weighted by Crippen LogP contribution is 2.38. The second-order valence-electron chi connectivity index (χ2n) is 8.74. The molecule has 2 atom stereocenters. The number of rotatable bonds is 11. The van der Waals surface area contributed by atoms with Gasteiger partial charge in [-0.05, 0) is 51.0 Å². The van der Waals surface area contributed by atoms with Gasteiger partial charge in [0.15, 0.2) is 30.0 Å². The van der Waals surface area contributed by atoms with Gasteiger partial charge in [-0.15, -0.1) is 0 Å². The third-order valence-corrected chi connectivity index (χ3v) is 10.9. The summed E-state index contributed by atoms with van der Waals surface area (Å²) >= 11 is 0. The molecule has 0 bridgehead atoms. The minimum atomic E-state index is -4.41. The number of benzene rings is 2. The van der Waals surface area contributed by atoms with Crippen LogP contribution in [0.2, 0.25) is 0 Å². The van der Waals surface area contributed by atoms with E-state index < -0.39 is 48.0 Å². The van der Waals surface area contributed by atoms with E-state index in [4.69, 9.17) is 14.6 Å². The van der Waals surface area contributed by atoms with Crippen molar-refractivity contribution in [1.82, 2.24) is 0 Å². The molecular formula is C25H30O8S2. The van der Waals surface area contributed by atoms with Crippen LogP contribution < -0.4 is 0 Å². The Kier molecular flexibility index (Phi) is 8.53. The van der Waals surface area contributed by atoms with Gasteiger partial charge in [-0.25, -0.2) is 16.8 Å². The van der Waals surface area contributed by atoms with Crippen LogP contribution >= 0.6 is 0 Å². The molecule has 1 heterocycles. The van der Waals surface area contributed by atoms with Crippen molar-refractivity contribution in [2.24, 2.45) is 5.92 Å². The minimum absolute atomic E-state index is 0.00223. The van der Waals surface area contributed by atoms with Crippen molar-refractivity contribution < 1.29 is 36.2 Å². The summed E-state index contributed by atoms with van der Waals surface area (Å²) in [7, 11) is -8.81. The first-order valence-corrected chi connectivity index (χ1v) is 14.3. The van der Waals surface area contributed by atoms with Crippen LogP contribution in [-0.2, 0) is 33.9 Å². The number of hydrogen-bond acceptors (Lipinski definition) is 7. The molecule has 190 valence electrons. The molecule has 0 amide bonds. The van der Waals surface area contributed by atoms with E-state index in [9.17, 15) is 21.6 Å². The Morgan fingerprint density at radius 2 is 1.51 bits per heavy atom. The summed E-state index contributed by atoms with van der Waals surface area (Å²) in [6.45, 7) is 3.35. The lowest BCUT2D eigenvalue weighted by Gasteiger charge is -2.29. The van der Waals surface area contributed by atoms with Crippen molar-refractivity contribution in [3.63, 3.8) is 0 Å². The van der Waals surface area contributed by atoms with Crippen molar-refractivity contribution >= 4 is 25.6 Å². The van der Waals surface area contributed by atoms with E-state index in [0.29, 0.717) is 12.8 Å². The highest BCUT2D eigenvalue weighted by atomic mass is 32.3. The number of allylic oxidation sites excluding steroid dienone is 1. The molecule has 10 heteroatoms. The Morgan fingerprint density at radius 3 is 1.94 bits per heavy atom. The summed E-state index contributed by atoms with van der Waals surface area (Å²) in [5.74, 6) is -3.07. The van der Waals surface area contributed by atoms with E-state index >= 15 is 0 Å². The Bertz CT molecular complexity index is 1170. The molecule has 1 aliphatic heterocycles. The maximum absolute atomic E-state index is 13.9. The summed E-state index contributed by atoms with van der Waals surface area (Å²) in [6, 6.07) is 14.9. The van der Waals surface area contributed by atoms with Crippen LogP contribution in [-0.4, -0.2) is 51.0 Å². The van der Waals surface area contributed by atoms with Crippen molar-refractivity contribution in [3.05, 3.63) is 72.8 Å². The maximum atomic E-state index is 13.9. The molecule has 8 nitrogen and oxygen atoms in total. The number of carboxylic acid groups (broad SMARTS) is 1. The standard InChI is InChI=1S/C25H30O8S2/c1-25(2)32-18-22(33-25)21(16-10-5-11-17-23(26)27)24(34(28,29)19-12-6-3-7-13-19)35(30,31)20-14-8-4-9-15-20/h3-4,6-10,12-16,21-22,24H,5,11,17-18H2,1-2H3,(H,26,27)/b16-10+/t21-,22-/m1/s1. The quantitative estimate of drug-likeness (QED) is 0.349. The monoisotopic (exact) mass is 522 g/mol. The molecule has 1 fully saturated rings. The summed E-state index contributed by atoms with van der Waals surface area (Å²) in [5, 5.41) is 8.89. The van der Waals surface area contributed by atoms with Gasteiger partial charge in [0.25, 0.3) is 0 Å². The molecule has 1 N–H and O–H groups in total. The molecule has 0 aromatic heterocycles. The molecule has 0 spiro atoms. The normalized spacial score (nSPS) is 19.2. The average molecular weight is 523 g/mol. The highest BCUT2D eigenvalue weighted by molar-refractivity contribution is 8.09. The largest absolute Gasteiger partial charge is 0.481 e. The summed E-state index contributed by atoms with van der Waals surface area (Å²) < 4.78 is 65.3. The van der Waals surface area contributed by atoms with Crippen LogP contribution in [0.1, 0.15) is 33.1 Å². The third-order valence-electron chi connectivity index (χ3n) is 5.65. The molecule has 0 unspecified atom stereocenters. The summed E-state index contributed by atoms with van der Waals surface area (Å²) in [4.78, 5) is 10.6. The van der Waals surface area contributed by atoms with Gasteiger partial charge in [-0.1, -0.05) is 48.6 Å². The van der Waals surface area contributed by atoms with Crippen LogP contribution in [0.25, 0.3) is 0 Å². The second kappa shape index (κ2) is 11.0. The van der Waals surface area contributed by atoms with E-state index in [1.807, 2.05) is 0 Å². The van der Waals surface area contributed by atoms with Crippen molar-refractivity contribution in [3.8, 4) is 0 Å². The first kappa shape index (κ1) is 27.1.